The van der Waals surface area contributed by atoms with Gasteiger partial charge >= 0.3 is 5.97 Å². The van der Waals surface area contributed by atoms with Gasteiger partial charge in [0.15, 0.2) is 0 Å². The summed E-state index contributed by atoms with van der Waals surface area (Å²) in [5.74, 6) is -0.307. The zero-order chi connectivity index (χ0) is 21.8. The van der Waals surface area contributed by atoms with E-state index in [1.807, 2.05) is 12.1 Å². The third-order valence-corrected chi connectivity index (χ3v) is 4.16. The summed E-state index contributed by atoms with van der Waals surface area (Å²) in [4.78, 5) is 23.7. The number of ether oxygens (including phenoxy) is 3. The van der Waals surface area contributed by atoms with Gasteiger partial charge in [0.05, 0.1) is 12.7 Å². The zero-order valence-electron chi connectivity index (χ0n) is 17.0. The van der Waals surface area contributed by atoms with Crippen molar-refractivity contribution in [2.45, 2.75) is 13.0 Å². The molecule has 2 aromatic carbocycles. The Labute approximate surface area is 175 Å². The molecule has 0 spiro atoms. The van der Waals surface area contributed by atoms with Gasteiger partial charge in [-0.25, -0.2) is 4.79 Å². The molecule has 2 rings (SSSR count). The molecular weight excluding hydrogens is 384 g/mol. The van der Waals surface area contributed by atoms with E-state index in [4.69, 9.17) is 9.47 Å². The summed E-state index contributed by atoms with van der Waals surface area (Å²) in [5.41, 5.74) is 1.93. The number of methoxy groups -OCH3 is 2. The molecule has 0 unspecified atom stereocenters. The van der Waals surface area contributed by atoms with Crippen molar-refractivity contribution in [3.63, 3.8) is 0 Å². The van der Waals surface area contributed by atoms with Crippen LogP contribution in [0.1, 0.15) is 27.9 Å². The molecule has 0 saturated heterocycles. The van der Waals surface area contributed by atoms with Gasteiger partial charge in [-0.05, 0) is 36.3 Å². The predicted molar refractivity (Wildman–Crippen MR) is 112 cm³/mol. The Balaban J connectivity index is 2.07. The molecule has 1 amide bonds. The van der Waals surface area contributed by atoms with Gasteiger partial charge in [-0.3, -0.25) is 4.79 Å². The SMILES string of the molecule is COCCCNC(=O)/C(C#N)=C/c1ccccc1OCc1ccc(C(=O)OC)cc1. The number of benzene rings is 2. The Morgan fingerprint density at radius 3 is 2.50 bits per heavy atom. The van der Waals surface area contributed by atoms with Gasteiger partial charge in [-0.1, -0.05) is 30.3 Å². The van der Waals surface area contributed by atoms with Gasteiger partial charge in [-0.2, -0.15) is 5.26 Å². The van der Waals surface area contributed by atoms with Gasteiger partial charge in [-0.15, -0.1) is 0 Å². The first-order chi connectivity index (χ1) is 14.6. The zero-order valence-corrected chi connectivity index (χ0v) is 17.0. The standard InChI is InChI=1S/C23H24N2O5/c1-28-13-5-12-25-22(26)20(15-24)14-19-6-3-4-7-21(19)30-16-17-8-10-18(11-9-17)23(27)29-2/h3-4,6-11,14H,5,12-13,16H2,1-2H3,(H,25,26)/b20-14+. The minimum Gasteiger partial charge on any atom is -0.488 e. The van der Waals surface area contributed by atoms with E-state index in [0.717, 1.165) is 5.56 Å². The Bertz CT molecular complexity index is 929. The molecule has 0 aliphatic carbocycles. The molecule has 7 heteroatoms. The van der Waals surface area contributed by atoms with Crippen LogP contribution in [0.5, 0.6) is 5.75 Å². The van der Waals surface area contributed by atoms with Crippen LogP contribution in [0.4, 0.5) is 0 Å². The lowest BCUT2D eigenvalue weighted by molar-refractivity contribution is -0.117. The minimum atomic E-state index is -0.443. The number of nitriles is 1. The molecule has 0 aromatic heterocycles. The number of esters is 1. The highest BCUT2D eigenvalue weighted by Gasteiger charge is 2.11. The summed E-state index contributed by atoms with van der Waals surface area (Å²) in [7, 11) is 2.92. The maximum absolute atomic E-state index is 12.2. The Kier molecular flexibility index (Phi) is 9.10. The molecule has 0 bridgehead atoms. The highest BCUT2D eigenvalue weighted by molar-refractivity contribution is 6.01. The summed E-state index contributed by atoms with van der Waals surface area (Å²) in [6, 6.07) is 16.0. The number of carbonyl (C=O) groups excluding carboxylic acids is 2. The van der Waals surface area contributed by atoms with Crippen molar-refractivity contribution < 1.29 is 23.8 Å². The molecule has 0 fully saturated rings. The second-order valence-electron chi connectivity index (χ2n) is 6.29. The summed E-state index contributed by atoms with van der Waals surface area (Å²) < 4.78 is 15.5. The highest BCUT2D eigenvalue weighted by Crippen LogP contribution is 2.22. The van der Waals surface area contributed by atoms with E-state index in [1.54, 1.807) is 49.6 Å². The topological polar surface area (TPSA) is 97.6 Å². The number of hydrogen-bond donors (Lipinski definition) is 1. The first-order valence-electron chi connectivity index (χ1n) is 9.37. The number of nitrogens with one attached hydrogen (secondary N) is 1. The van der Waals surface area contributed by atoms with Gasteiger partial charge in [0, 0.05) is 25.8 Å². The normalized spacial score (nSPS) is 10.8. The lowest BCUT2D eigenvalue weighted by atomic mass is 10.1. The van der Waals surface area contributed by atoms with Crippen LogP contribution in [0.3, 0.4) is 0 Å². The van der Waals surface area contributed by atoms with Crippen molar-refractivity contribution in [2.75, 3.05) is 27.4 Å². The first kappa shape index (κ1) is 22.7. The van der Waals surface area contributed by atoms with Crippen LogP contribution >= 0.6 is 0 Å². The number of amides is 1. The van der Waals surface area contributed by atoms with E-state index >= 15 is 0 Å². The van der Waals surface area contributed by atoms with Gasteiger partial charge in [0.25, 0.3) is 5.91 Å². The van der Waals surface area contributed by atoms with E-state index in [0.29, 0.717) is 36.4 Å². The Hall–Kier alpha value is -3.63. The fraction of sp³-hybridized carbons (Fsp3) is 0.261. The lowest BCUT2D eigenvalue weighted by Crippen LogP contribution is -2.26. The van der Waals surface area contributed by atoms with Gasteiger partial charge < -0.3 is 19.5 Å². The van der Waals surface area contributed by atoms with E-state index < -0.39 is 11.9 Å². The third kappa shape index (κ3) is 6.76. The largest absolute Gasteiger partial charge is 0.488 e. The number of rotatable bonds is 10. The molecule has 7 nitrogen and oxygen atoms in total. The van der Waals surface area contributed by atoms with E-state index in [9.17, 15) is 14.9 Å². The van der Waals surface area contributed by atoms with Crippen molar-refractivity contribution in [2.24, 2.45) is 0 Å². The molecule has 0 radical (unpaired) electrons. The van der Waals surface area contributed by atoms with Crippen LogP contribution < -0.4 is 10.1 Å². The van der Waals surface area contributed by atoms with Crippen LogP contribution in [-0.4, -0.2) is 39.2 Å². The quantitative estimate of drug-likeness (QED) is 0.281. The van der Waals surface area contributed by atoms with Gasteiger partial charge in [0.2, 0.25) is 0 Å². The molecule has 30 heavy (non-hydrogen) atoms. The number of nitrogens with zero attached hydrogens (tertiary/aromatic N) is 1. The fourth-order valence-corrected chi connectivity index (χ4v) is 2.56. The molecule has 0 heterocycles. The molecule has 0 saturated carbocycles. The van der Waals surface area contributed by atoms with Gasteiger partial charge in [0.1, 0.15) is 24.0 Å². The minimum absolute atomic E-state index is 0.00843. The Morgan fingerprint density at radius 2 is 1.83 bits per heavy atom. The smallest absolute Gasteiger partial charge is 0.337 e. The molecular formula is C23H24N2O5. The molecule has 2 aromatic rings. The summed E-state index contributed by atoms with van der Waals surface area (Å²) in [6.45, 7) is 1.21. The summed E-state index contributed by atoms with van der Waals surface area (Å²) in [6.07, 6.45) is 2.16. The average Bonchev–Trinajstić information content (AvgIpc) is 2.79. The summed E-state index contributed by atoms with van der Waals surface area (Å²) in [5, 5.41) is 12.1. The van der Waals surface area contributed by atoms with Crippen molar-refractivity contribution in [1.82, 2.24) is 5.32 Å². The molecule has 0 aliphatic heterocycles. The maximum Gasteiger partial charge on any atom is 0.337 e. The van der Waals surface area contributed by atoms with Crippen molar-refractivity contribution >= 4 is 18.0 Å². The second-order valence-corrected chi connectivity index (χ2v) is 6.29. The monoisotopic (exact) mass is 408 g/mol. The van der Waals surface area contributed by atoms with Crippen LogP contribution in [0.2, 0.25) is 0 Å². The molecule has 1 N–H and O–H groups in total. The van der Waals surface area contributed by atoms with Crippen molar-refractivity contribution in [3.05, 3.63) is 70.8 Å². The number of carbonyl (C=O) groups is 2. The van der Waals surface area contributed by atoms with Crippen LogP contribution in [0.25, 0.3) is 6.08 Å². The molecule has 156 valence electrons. The van der Waals surface area contributed by atoms with Crippen molar-refractivity contribution in [3.8, 4) is 11.8 Å². The Morgan fingerprint density at radius 1 is 1.10 bits per heavy atom. The number of hydrogen-bond acceptors (Lipinski definition) is 6. The van der Waals surface area contributed by atoms with E-state index in [-0.39, 0.29) is 12.2 Å². The highest BCUT2D eigenvalue weighted by atomic mass is 16.5. The predicted octanol–water partition coefficient (Wildman–Crippen LogP) is 3.11. The molecule has 0 aliphatic rings. The second kappa shape index (κ2) is 12.0. The van der Waals surface area contributed by atoms with Crippen LogP contribution in [-0.2, 0) is 20.9 Å². The lowest BCUT2D eigenvalue weighted by Gasteiger charge is -2.10. The van der Waals surface area contributed by atoms with E-state index in [2.05, 4.69) is 10.1 Å². The summed E-state index contributed by atoms with van der Waals surface area (Å²) >= 11 is 0. The first-order valence-corrected chi connectivity index (χ1v) is 9.37. The van der Waals surface area contributed by atoms with Crippen molar-refractivity contribution in [1.29, 1.82) is 5.26 Å². The maximum atomic E-state index is 12.2. The number of para-hydroxylation sites is 1. The fourth-order valence-electron chi connectivity index (χ4n) is 2.56. The van der Waals surface area contributed by atoms with Crippen LogP contribution in [0, 0.1) is 11.3 Å². The van der Waals surface area contributed by atoms with E-state index in [1.165, 1.54) is 13.2 Å². The van der Waals surface area contributed by atoms with Crippen LogP contribution in [0.15, 0.2) is 54.1 Å². The molecule has 0 atom stereocenters. The average molecular weight is 408 g/mol. The third-order valence-electron chi connectivity index (χ3n) is 4.16.